The molecule has 2 amide bonds. The molecule has 124 valence electrons. The zero-order valence-corrected chi connectivity index (χ0v) is 14.4. The molecule has 0 aromatic heterocycles. The number of para-hydroxylation sites is 1. The minimum atomic E-state index is -0.322. The summed E-state index contributed by atoms with van der Waals surface area (Å²) in [4.78, 5) is 24.2. The monoisotopic (exact) mass is 327 g/mol. The van der Waals surface area contributed by atoms with E-state index in [0.717, 1.165) is 0 Å². The number of rotatable bonds is 6. The van der Waals surface area contributed by atoms with Crippen molar-refractivity contribution in [1.82, 2.24) is 5.32 Å². The van der Waals surface area contributed by atoms with Crippen molar-refractivity contribution < 1.29 is 9.59 Å². The standard InChI is InChI=1S/C16H25N3O2.ClH/c1-10(2)9-18-16(21)13-7-5-6-8-14(13)19-15(20)11(3)12(4)17;/h5-8,10-12H,9,17H2,1-4H3,(H,18,21)(H,19,20);1H. The van der Waals surface area contributed by atoms with Crippen LogP contribution in [-0.4, -0.2) is 24.4 Å². The van der Waals surface area contributed by atoms with Gasteiger partial charge in [0.15, 0.2) is 0 Å². The quantitative estimate of drug-likeness (QED) is 0.750. The number of carbonyl (C=O) groups excluding carboxylic acids is 2. The maximum absolute atomic E-state index is 12.2. The fraction of sp³-hybridized carbons (Fsp3) is 0.500. The van der Waals surface area contributed by atoms with Crippen LogP contribution in [0.4, 0.5) is 5.69 Å². The highest BCUT2D eigenvalue weighted by molar-refractivity contribution is 6.04. The molecule has 0 fully saturated rings. The van der Waals surface area contributed by atoms with Gasteiger partial charge in [0, 0.05) is 12.6 Å². The molecule has 5 nitrogen and oxygen atoms in total. The van der Waals surface area contributed by atoms with Crippen LogP contribution in [0.25, 0.3) is 0 Å². The molecule has 0 spiro atoms. The first-order valence-electron chi connectivity index (χ1n) is 7.26. The predicted octanol–water partition coefficient (Wildman–Crippen LogP) is 2.42. The molecule has 0 radical (unpaired) electrons. The Kier molecular flexibility index (Phi) is 8.75. The minimum Gasteiger partial charge on any atom is -0.352 e. The van der Waals surface area contributed by atoms with Crippen molar-refractivity contribution in [3.05, 3.63) is 29.8 Å². The molecule has 0 heterocycles. The fourth-order valence-electron chi connectivity index (χ4n) is 1.67. The average Bonchev–Trinajstić information content (AvgIpc) is 2.44. The largest absolute Gasteiger partial charge is 0.352 e. The second-order valence-corrected chi connectivity index (χ2v) is 5.79. The molecule has 0 aliphatic heterocycles. The summed E-state index contributed by atoms with van der Waals surface area (Å²) in [7, 11) is 0. The maximum atomic E-state index is 12.2. The lowest BCUT2D eigenvalue weighted by Crippen LogP contribution is -2.35. The van der Waals surface area contributed by atoms with Gasteiger partial charge in [-0.2, -0.15) is 0 Å². The molecule has 4 N–H and O–H groups in total. The molecule has 0 saturated heterocycles. The van der Waals surface area contributed by atoms with Gasteiger partial charge < -0.3 is 16.4 Å². The number of hydrogen-bond acceptors (Lipinski definition) is 3. The summed E-state index contributed by atoms with van der Waals surface area (Å²) < 4.78 is 0. The number of nitrogens with one attached hydrogen (secondary N) is 2. The molecule has 0 saturated carbocycles. The number of amides is 2. The molecular weight excluding hydrogens is 302 g/mol. The van der Waals surface area contributed by atoms with Crippen LogP contribution in [0.15, 0.2) is 24.3 Å². The third-order valence-corrected chi connectivity index (χ3v) is 3.30. The summed E-state index contributed by atoms with van der Waals surface area (Å²) >= 11 is 0. The van der Waals surface area contributed by atoms with E-state index >= 15 is 0 Å². The maximum Gasteiger partial charge on any atom is 0.253 e. The van der Waals surface area contributed by atoms with Crippen LogP contribution >= 0.6 is 12.4 Å². The van der Waals surface area contributed by atoms with E-state index in [2.05, 4.69) is 10.6 Å². The van der Waals surface area contributed by atoms with E-state index in [1.807, 2.05) is 13.8 Å². The Bertz CT molecular complexity index is 504. The van der Waals surface area contributed by atoms with Crippen LogP contribution in [0.1, 0.15) is 38.1 Å². The first kappa shape index (κ1) is 20.4. The lowest BCUT2D eigenvalue weighted by atomic mass is 10.0. The van der Waals surface area contributed by atoms with Gasteiger partial charge in [-0.15, -0.1) is 12.4 Å². The molecule has 2 atom stereocenters. The summed E-state index contributed by atoms with van der Waals surface area (Å²) in [5.74, 6) is -0.326. The molecule has 1 aromatic carbocycles. The number of carbonyl (C=O) groups is 2. The van der Waals surface area contributed by atoms with E-state index in [4.69, 9.17) is 5.73 Å². The molecular formula is C16H26ClN3O2. The highest BCUT2D eigenvalue weighted by atomic mass is 35.5. The van der Waals surface area contributed by atoms with Gasteiger partial charge in [0.25, 0.3) is 5.91 Å². The van der Waals surface area contributed by atoms with Crippen molar-refractivity contribution in [1.29, 1.82) is 0 Å². The normalized spacial score (nSPS) is 13.0. The smallest absolute Gasteiger partial charge is 0.253 e. The van der Waals surface area contributed by atoms with E-state index in [9.17, 15) is 9.59 Å². The first-order valence-corrected chi connectivity index (χ1v) is 7.26. The molecule has 0 aliphatic carbocycles. The Labute approximate surface area is 138 Å². The van der Waals surface area contributed by atoms with Gasteiger partial charge in [0.2, 0.25) is 5.91 Å². The third kappa shape index (κ3) is 6.03. The number of nitrogens with two attached hydrogens (primary N) is 1. The van der Waals surface area contributed by atoms with Crippen molar-refractivity contribution in [3.63, 3.8) is 0 Å². The minimum absolute atomic E-state index is 0. The number of hydrogen-bond donors (Lipinski definition) is 3. The van der Waals surface area contributed by atoms with E-state index < -0.39 is 0 Å². The zero-order valence-electron chi connectivity index (χ0n) is 13.6. The van der Waals surface area contributed by atoms with Crippen LogP contribution in [0, 0.1) is 11.8 Å². The summed E-state index contributed by atoms with van der Waals surface area (Å²) in [6, 6.07) is 6.73. The highest BCUT2D eigenvalue weighted by Crippen LogP contribution is 2.16. The Balaban J connectivity index is 0.00000441. The molecule has 1 rings (SSSR count). The Morgan fingerprint density at radius 3 is 2.27 bits per heavy atom. The van der Waals surface area contributed by atoms with Gasteiger partial charge in [0.1, 0.15) is 0 Å². The van der Waals surface area contributed by atoms with Crippen LogP contribution in [0.3, 0.4) is 0 Å². The van der Waals surface area contributed by atoms with E-state index in [0.29, 0.717) is 23.7 Å². The van der Waals surface area contributed by atoms with Crippen LogP contribution in [0.5, 0.6) is 0 Å². The van der Waals surface area contributed by atoms with Crippen molar-refractivity contribution in [2.45, 2.75) is 33.7 Å². The van der Waals surface area contributed by atoms with Gasteiger partial charge in [-0.25, -0.2) is 0 Å². The Morgan fingerprint density at radius 1 is 1.14 bits per heavy atom. The van der Waals surface area contributed by atoms with E-state index in [1.54, 1.807) is 38.1 Å². The van der Waals surface area contributed by atoms with Crippen molar-refractivity contribution in [3.8, 4) is 0 Å². The molecule has 22 heavy (non-hydrogen) atoms. The Morgan fingerprint density at radius 2 is 1.73 bits per heavy atom. The Hall–Kier alpha value is -1.59. The summed E-state index contributed by atoms with van der Waals surface area (Å²) in [6.45, 7) is 8.20. The average molecular weight is 328 g/mol. The second-order valence-electron chi connectivity index (χ2n) is 5.79. The summed E-state index contributed by atoms with van der Waals surface area (Å²) in [5, 5.41) is 5.63. The van der Waals surface area contributed by atoms with Gasteiger partial charge in [-0.05, 0) is 25.0 Å². The van der Waals surface area contributed by atoms with Crippen molar-refractivity contribution in [2.24, 2.45) is 17.6 Å². The SMILES string of the molecule is CC(C)CNC(=O)c1ccccc1NC(=O)C(C)C(C)N.Cl. The van der Waals surface area contributed by atoms with Gasteiger partial charge in [0.05, 0.1) is 17.2 Å². The molecule has 0 aliphatic rings. The van der Waals surface area contributed by atoms with Crippen LogP contribution in [-0.2, 0) is 4.79 Å². The molecule has 1 aromatic rings. The lowest BCUT2D eigenvalue weighted by molar-refractivity contribution is -0.119. The first-order chi connectivity index (χ1) is 9.82. The number of benzene rings is 1. The topological polar surface area (TPSA) is 84.2 Å². The van der Waals surface area contributed by atoms with Crippen molar-refractivity contribution >= 4 is 29.9 Å². The lowest BCUT2D eigenvalue weighted by Gasteiger charge is -2.17. The van der Waals surface area contributed by atoms with Crippen LogP contribution in [0.2, 0.25) is 0 Å². The summed E-state index contributed by atoms with van der Waals surface area (Å²) in [5.41, 5.74) is 6.70. The number of halogens is 1. The molecule has 6 heteroatoms. The third-order valence-electron chi connectivity index (χ3n) is 3.30. The molecule has 0 bridgehead atoms. The van der Waals surface area contributed by atoms with Crippen molar-refractivity contribution in [2.75, 3.05) is 11.9 Å². The van der Waals surface area contributed by atoms with Gasteiger partial charge >= 0.3 is 0 Å². The fourth-order valence-corrected chi connectivity index (χ4v) is 1.67. The second kappa shape index (κ2) is 9.43. The van der Waals surface area contributed by atoms with E-state index in [-0.39, 0.29) is 36.2 Å². The predicted molar refractivity (Wildman–Crippen MR) is 92.3 cm³/mol. The zero-order chi connectivity index (χ0) is 16.0. The van der Waals surface area contributed by atoms with E-state index in [1.165, 1.54) is 0 Å². The van der Waals surface area contributed by atoms with Gasteiger partial charge in [-0.3, -0.25) is 9.59 Å². The van der Waals surface area contributed by atoms with Gasteiger partial charge in [-0.1, -0.05) is 32.9 Å². The summed E-state index contributed by atoms with van der Waals surface area (Å²) in [6.07, 6.45) is 0. The highest BCUT2D eigenvalue weighted by Gasteiger charge is 2.19. The molecule has 2 unspecified atom stereocenters. The van der Waals surface area contributed by atoms with Crippen LogP contribution < -0.4 is 16.4 Å². The number of anilines is 1.